The fourth-order valence-corrected chi connectivity index (χ4v) is 4.39. The second-order valence-corrected chi connectivity index (χ2v) is 8.94. The highest BCUT2D eigenvalue weighted by molar-refractivity contribution is 7.98. The number of nitriles is 1. The van der Waals surface area contributed by atoms with Crippen molar-refractivity contribution < 1.29 is 9.53 Å². The van der Waals surface area contributed by atoms with E-state index in [2.05, 4.69) is 0 Å². The zero-order chi connectivity index (χ0) is 21.9. The minimum Gasteiger partial charge on any atom is -0.494 e. The molecule has 1 heterocycles. The quantitative estimate of drug-likeness (QED) is 0.325. The number of amides is 1. The van der Waals surface area contributed by atoms with Crippen molar-refractivity contribution in [3.05, 3.63) is 53.1 Å². The van der Waals surface area contributed by atoms with Crippen LogP contribution in [-0.4, -0.2) is 40.9 Å². The smallest absolute Gasteiger partial charge is 0.258 e. The van der Waals surface area contributed by atoms with Gasteiger partial charge in [0.2, 0.25) is 0 Å². The monoisotopic (exact) mass is 459 g/mol. The number of thiocarbonyl (C=S) groups is 1. The van der Waals surface area contributed by atoms with Crippen molar-refractivity contribution in [1.29, 1.82) is 5.26 Å². The number of ether oxygens (including phenoxy) is 1. The standard InChI is InChI=1S/C22H22ClN3O2S2/c1-22(2)20(27)26(16-6-5-15(14-24)19(23)13-16)21(29)25(22)11-4-12-28-17-7-9-18(30-3)10-8-17/h5-10,13H,4,11-12H2,1-3H3. The fraction of sp³-hybridized carbons (Fsp3) is 0.318. The van der Waals surface area contributed by atoms with Gasteiger partial charge in [0.25, 0.3) is 5.91 Å². The summed E-state index contributed by atoms with van der Waals surface area (Å²) in [5.74, 6) is 0.697. The molecule has 1 aliphatic rings. The molecule has 1 fully saturated rings. The number of anilines is 1. The van der Waals surface area contributed by atoms with Crippen molar-refractivity contribution in [2.24, 2.45) is 0 Å². The molecule has 0 radical (unpaired) electrons. The van der Waals surface area contributed by atoms with Crippen molar-refractivity contribution in [3.8, 4) is 11.8 Å². The summed E-state index contributed by atoms with van der Waals surface area (Å²) in [7, 11) is 0. The molecule has 0 saturated carbocycles. The molecule has 0 aliphatic carbocycles. The highest BCUT2D eigenvalue weighted by Crippen LogP contribution is 2.34. The van der Waals surface area contributed by atoms with E-state index in [-0.39, 0.29) is 5.91 Å². The number of nitrogens with zero attached hydrogens (tertiary/aromatic N) is 3. The molecule has 0 aromatic heterocycles. The first-order valence-electron chi connectivity index (χ1n) is 9.42. The molecule has 3 rings (SSSR count). The molecule has 0 bridgehead atoms. The van der Waals surface area contributed by atoms with Gasteiger partial charge in [0.05, 0.1) is 22.9 Å². The van der Waals surface area contributed by atoms with Crippen LogP contribution in [0.25, 0.3) is 0 Å². The number of hydrogen-bond acceptors (Lipinski definition) is 5. The Hall–Kier alpha value is -2.27. The highest BCUT2D eigenvalue weighted by atomic mass is 35.5. The summed E-state index contributed by atoms with van der Waals surface area (Å²) in [6.07, 6.45) is 2.75. The lowest BCUT2D eigenvalue weighted by atomic mass is 10.0. The van der Waals surface area contributed by atoms with Crippen LogP contribution in [0.3, 0.4) is 0 Å². The predicted molar refractivity (Wildman–Crippen MR) is 125 cm³/mol. The Labute approximate surface area is 191 Å². The average Bonchev–Trinajstić information content (AvgIpc) is 2.90. The van der Waals surface area contributed by atoms with Gasteiger partial charge in [0.1, 0.15) is 17.4 Å². The molecule has 2 aromatic carbocycles. The normalized spacial score (nSPS) is 15.4. The van der Waals surface area contributed by atoms with Gasteiger partial charge >= 0.3 is 0 Å². The SMILES string of the molecule is CSc1ccc(OCCCN2C(=S)N(c3ccc(C#N)c(Cl)c3)C(=O)C2(C)C)cc1. The summed E-state index contributed by atoms with van der Waals surface area (Å²) in [6.45, 7) is 4.81. The van der Waals surface area contributed by atoms with Gasteiger partial charge in [-0.2, -0.15) is 5.26 Å². The van der Waals surface area contributed by atoms with Crippen LogP contribution in [0.2, 0.25) is 5.02 Å². The molecule has 0 N–H and O–H groups in total. The number of hydrogen-bond donors (Lipinski definition) is 0. The summed E-state index contributed by atoms with van der Waals surface area (Å²) in [4.78, 5) is 17.7. The maximum absolute atomic E-state index is 13.1. The van der Waals surface area contributed by atoms with E-state index in [1.54, 1.807) is 30.0 Å². The van der Waals surface area contributed by atoms with Crippen LogP contribution in [0.1, 0.15) is 25.8 Å². The summed E-state index contributed by atoms with van der Waals surface area (Å²) in [6, 6.07) is 14.9. The Bertz CT molecular complexity index is 1000. The summed E-state index contributed by atoms with van der Waals surface area (Å²) >= 11 is 13.5. The van der Waals surface area contributed by atoms with E-state index >= 15 is 0 Å². The zero-order valence-electron chi connectivity index (χ0n) is 17.0. The van der Waals surface area contributed by atoms with E-state index in [9.17, 15) is 4.79 Å². The summed E-state index contributed by atoms with van der Waals surface area (Å²) in [5.41, 5.74) is 0.142. The minimum atomic E-state index is -0.780. The Balaban J connectivity index is 1.66. The molecule has 0 unspecified atom stereocenters. The molecule has 0 atom stereocenters. The van der Waals surface area contributed by atoms with Crippen LogP contribution in [0.4, 0.5) is 5.69 Å². The van der Waals surface area contributed by atoms with Gasteiger partial charge < -0.3 is 9.64 Å². The van der Waals surface area contributed by atoms with Gasteiger partial charge in [-0.25, -0.2) is 0 Å². The van der Waals surface area contributed by atoms with E-state index in [4.69, 9.17) is 33.8 Å². The van der Waals surface area contributed by atoms with Crippen LogP contribution in [0.5, 0.6) is 5.75 Å². The predicted octanol–water partition coefficient (Wildman–Crippen LogP) is 5.11. The van der Waals surface area contributed by atoms with Gasteiger partial charge in [-0.05, 0) is 81.2 Å². The van der Waals surface area contributed by atoms with E-state index in [0.717, 1.165) is 5.75 Å². The van der Waals surface area contributed by atoms with Gasteiger partial charge in [-0.15, -0.1) is 11.8 Å². The molecule has 5 nitrogen and oxygen atoms in total. The van der Waals surface area contributed by atoms with Crippen molar-refractivity contribution in [3.63, 3.8) is 0 Å². The van der Waals surface area contributed by atoms with Crippen molar-refractivity contribution in [2.75, 3.05) is 24.3 Å². The Morgan fingerprint density at radius 1 is 1.23 bits per heavy atom. The van der Waals surface area contributed by atoms with Crippen LogP contribution >= 0.6 is 35.6 Å². The van der Waals surface area contributed by atoms with E-state index < -0.39 is 5.54 Å². The molecule has 1 saturated heterocycles. The number of carbonyl (C=O) groups excluding carboxylic acids is 1. The molecule has 1 amide bonds. The third-order valence-corrected chi connectivity index (χ3v) is 6.47. The summed E-state index contributed by atoms with van der Waals surface area (Å²) in [5, 5.41) is 9.79. The second kappa shape index (κ2) is 9.25. The molecule has 2 aromatic rings. The zero-order valence-corrected chi connectivity index (χ0v) is 19.4. The summed E-state index contributed by atoms with van der Waals surface area (Å²) < 4.78 is 5.82. The van der Waals surface area contributed by atoms with Crippen molar-refractivity contribution >= 4 is 52.3 Å². The molecular formula is C22H22ClN3O2S2. The Morgan fingerprint density at radius 2 is 1.93 bits per heavy atom. The van der Waals surface area contributed by atoms with E-state index in [1.165, 1.54) is 9.80 Å². The van der Waals surface area contributed by atoms with Gasteiger partial charge in [-0.1, -0.05) is 11.6 Å². The van der Waals surface area contributed by atoms with Crippen LogP contribution < -0.4 is 9.64 Å². The molecule has 8 heteroatoms. The minimum absolute atomic E-state index is 0.123. The number of halogens is 1. The lowest BCUT2D eigenvalue weighted by molar-refractivity contribution is -0.123. The average molecular weight is 460 g/mol. The first-order chi connectivity index (χ1) is 14.3. The second-order valence-electron chi connectivity index (χ2n) is 7.29. The largest absolute Gasteiger partial charge is 0.494 e. The van der Waals surface area contributed by atoms with Gasteiger partial charge in [0.15, 0.2) is 5.11 Å². The van der Waals surface area contributed by atoms with Gasteiger partial charge in [0, 0.05) is 11.4 Å². The van der Waals surface area contributed by atoms with E-state index in [0.29, 0.717) is 41.0 Å². The van der Waals surface area contributed by atoms with Crippen molar-refractivity contribution in [2.45, 2.75) is 30.7 Å². The molecule has 30 heavy (non-hydrogen) atoms. The molecular weight excluding hydrogens is 438 g/mol. The van der Waals surface area contributed by atoms with Gasteiger partial charge in [-0.3, -0.25) is 9.69 Å². The van der Waals surface area contributed by atoms with Crippen LogP contribution in [-0.2, 0) is 4.79 Å². The topological polar surface area (TPSA) is 56.6 Å². The molecule has 156 valence electrons. The third kappa shape index (κ3) is 4.41. The Morgan fingerprint density at radius 3 is 2.53 bits per heavy atom. The lowest BCUT2D eigenvalue weighted by Gasteiger charge is -2.29. The maximum atomic E-state index is 13.1. The molecule has 0 spiro atoms. The van der Waals surface area contributed by atoms with Crippen LogP contribution in [0.15, 0.2) is 47.4 Å². The highest BCUT2D eigenvalue weighted by Gasteiger charge is 2.49. The third-order valence-electron chi connectivity index (χ3n) is 5.01. The number of rotatable bonds is 7. The molecule has 1 aliphatic heterocycles. The number of benzene rings is 2. The number of carbonyl (C=O) groups is 1. The maximum Gasteiger partial charge on any atom is 0.258 e. The van der Waals surface area contributed by atoms with Crippen molar-refractivity contribution in [1.82, 2.24) is 4.90 Å². The first-order valence-corrected chi connectivity index (χ1v) is 11.4. The number of thioether (sulfide) groups is 1. The lowest BCUT2D eigenvalue weighted by Crippen LogP contribution is -2.44. The van der Waals surface area contributed by atoms with Crippen LogP contribution in [0, 0.1) is 11.3 Å². The Kier molecular flexibility index (Phi) is 6.91. The fourth-order valence-electron chi connectivity index (χ4n) is 3.26. The first kappa shape index (κ1) is 22.4. The van der Waals surface area contributed by atoms with E-state index in [1.807, 2.05) is 55.3 Å².